The Morgan fingerprint density at radius 2 is 1.83 bits per heavy atom. The van der Waals surface area contributed by atoms with Crippen LogP contribution in [0.2, 0.25) is 0 Å². The highest BCUT2D eigenvalue weighted by atomic mass is 14.3. The van der Waals surface area contributed by atoms with Crippen molar-refractivity contribution in [3.63, 3.8) is 0 Å². The van der Waals surface area contributed by atoms with E-state index in [0.29, 0.717) is 0 Å². The van der Waals surface area contributed by atoms with Crippen LogP contribution in [0.25, 0.3) is 0 Å². The Balaban J connectivity index is 2.11. The van der Waals surface area contributed by atoms with Crippen LogP contribution in [0.5, 0.6) is 0 Å². The minimum Gasteiger partial charge on any atom is -0.0654 e. The lowest BCUT2D eigenvalue weighted by Crippen LogP contribution is -2.16. The van der Waals surface area contributed by atoms with E-state index in [1.165, 1.54) is 51.4 Å². The number of rotatable bonds is 4. The topological polar surface area (TPSA) is 0 Å². The maximum Gasteiger partial charge on any atom is -0.0388 e. The van der Waals surface area contributed by atoms with Crippen LogP contribution in [0.15, 0.2) is 0 Å². The van der Waals surface area contributed by atoms with Gasteiger partial charge in [0.15, 0.2) is 0 Å². The Hall–Kier alpha value is 0. The average molecular weight is 168 g/mol. The lowest BCUT2D eigenvalue weighted by molar-refractivity contribution is 0.236. The molecule has 12 heavy (non-hydrogen) atoms. The fourth-order valence-corrected chi connectivity index (χ4v) is 2.48. The molecule has 0 saturated heterocycles. The van der Waals surface area contributed by atoms with Crippen molar-refractivity contribution >= 4 is 0 Å². The molecule has 0 radical (unpaired) electrons. The van der Waals surface area contributed by atoms with Crippen LogP contribution in [0.3, 0.4) is 0 Å². The molecule has 0 amide bonds. The minimum absolute atomic E-state index is 1.02. The first-order valence-corrected chi connectivity index (χ1v) is 5.84. The van der Waals surface area contributed by atoms with Gasteiger partial charge in [-0.05, 0) is 11.8 Å². The molecule has 0 N–H and O–H groups in total. The van der Waals surface area contributed by atoms with E-state index in [4.69, 9.17) is 0 Å². The van der Waals surface area contributed by atoms with Gasteiger partial charge in [0.2, 0.25) is 0 Å². The van der Waals surface area contributed by atoms with E-state index in [1.54, 1.807) is 0 Å². The molecule has 1 unspecified atom stereocenters. The van der Waals surface area contributed by atoms with Gasteiger partial charge in [0, 0.05) is 0 Å². The summed E-state index contributed by atoms with van der Waals surface area (Å²) in [6.07, 6.45) is 11.8. The van der Waals surface area contributed by atoms with Gasteiger partial charge in [-0.3, -0.25) is 0 Å². The molecule has 1 aliphatic carbocycles. The van der Waals surface area contributed by atoms with Crippen LogP contribution in [-0.4, -0.2) is 0 Å². The van der Waals surface area contributed by atoms with Crippen LogP contribution < -0.4 is 0 Å². The Labute approximate surface area is 77.7 Å². The Kier molecular flexibility index (Phi) is 4.72. The highest BCUT2D eigenvalue weighted by molar-refractivity contribution is 4.71. The molecule has 0 aliphatic heterocycles. The third-order valence-corrected chi connectivity index (χ3v) is 3.47. The molecule has 1 saturated carbocycles. The quantitative estimate of drug-likeness (QED) is 0.546. The van der Waals surface area contributed by atoms with Crippen LogP contribution >= 0.6 is 0 Å². The van der Waals surface area contributed by atoms with Gasteiger partial charge >= 0.3 is 0 Å². The molecule has 0 spiro atoms. The van der Waals surface area contributed by atoms with E-state index in [0.717, 1.165) is 11.8 Å². The first-order valence-electron chi connectivity index (χ1n) is 5.84. The zero-order valence-electron chi connectivity index (χ0n) is 8.81. The van der Waals surface area contributed by atoms with Crippen molar-refractivity contribution in [2.45, 2.75) is 65.2 Å². The fraction of sp³-hybridized carbons (Fsp3) is 1.00. The summed E-state index contributed by atoms with van der Waals surface area (Å²) in [5.41, 5.74) is 0. The SMILES string of the molecule is CCCCCC1CCCC[C@H]1C. The summed E-state index contributed by atoms with van der Waals surface area (Å²) >= 11 is 0. The fourth-order valence-electron chi connectivity index (χ4n) is 2.48. The molecule has 0 aromatic carbocycles. The van der Waals surface area contributed by atoms with Gasteiger partial charge in [0.05, 0.1) is 0 Å². The van der Waals surface area contributed by atoms with E-state index in [9.17, 15) is 0 Å². The van der Waals surface area contributed by atoms with E-state index < -0.39 is 0 Å². The third kappa shape index (κ3) is 3.16. The smallest absolute Gasteiger partial charge is 0.0388 e. The number of hydrogen-bond donors (Lipinski definition) is 0. The second-order valence-corrected chi connectivity index (χ2v) is 4.52. The van der Waals surface area contributed by atoms with E-state index in [1.807, 2.05) is 0 Å². The molecule has 1 rings (SSSR count). The normalized spacial score (nSPS) is 30.5. The molecule has 72 valence electrons. The second kappa shape index (κ2) is 5.61. The summed E-state index contributed by atoms with van der Waals surface area (Å²) in [5.74, 6) is 2.10. The number of hydrogen-bond acceptors (Lipinski definition) is 0. The van der Waals surface area contributed by atoms with Crippen molar-refractivity contribution in [2.75, 3.05) is 0 Å². The standard InChI is InChI=1S/C12H24/c1-3-4-5-9-12-10-7-6-8-11(12)2/h11-12H,3-10H2,1-2H3/t11-,12?/m1/s1. The predicted octanol–water partition coefficient (Wildman–Crippen LogP) is 4.39. The van der Waals surface area contributed by atoms with Crippen LogP contribution in [0, 0.1) is 11.8 Å². The van der Waals surface area contributed by atoms with Crippen molar-refractivity contribution in [2.24, 2.45) is 11.8 Å². The zero-order valence-corrected chi connectivity index (χ0v) is 8.81. The third-order valence-electron chi connectivity index (χ3n) is 3.47. The Morgan fingerprint density at radius 1 is 1.08 bits per heavy atom. The van der Waals surface area contributed by atoms with Gasteiger partial charge in [0.25, 0.3) is 0 Å². The van der Waals surface area contributed by atoms with Gasteiger partial charge in [0.1, 0.15) is 0 Å². The minimum atomic E-state index is 1.02. The molecular formula is C12H24. The van der Waals surface area contributed by atoms with Gasteiger partial charge < -0.3 is 0 Å². The van der Waals surface area contributed by atoms with Crippen molar-refractivity contribution in [3.05, 3.63) is 0 Å². The summed E-state index contributed by atoms with van der Waals surface area (Å²) in [7, 11) is 0. The van der Waals surface area contributed by atoms with Crippen LogP contribution in [-0.2, 0) is 0 Å². The van der Waals surface area contributed by atoms with Crippen molar-refractivity contribution in [3.8, 4) is 0 Å². The molecule has 1 fully saturated rings. The molecule has 0 nitrogen and oxygen atoms in total. The lowest BCUT2D eigenvalue weighted by atomic mass is 9.78. The van der Waals surface area contributed by atoms with Crippen molar-refractivity contribution < 1.29 is 0 Å². The molecule has 0 aromatic heterocycles. The molecule has 2 atom stereocenters. The van der Waals surface area contributed by atoms with Crippen molar-refractivity contribution in [1.82, 2.24) is 0 Å². The highest BCUT2D eigenvalue weighted by Gasteiger charge is 2.19. The van der Waals surface area contributed by atoms with E-state index in [2.05, 4.69) is 13.8 Å². The highest BCUT2D eigenvalue weighted by Crippen LogP contribution is 2.32. The summed E-state index contributed by atoms with van der Waals surface area (Å²) in [6, 6.07) is 0. The molecule has 1 aliphatic rings. The molecule has 0 heteroatoms. The summed E-state index contributed by atoms with van der Waals surface area (Å²) in [4.78, 5) is 0. The molecule has 0 heterocycles. The summed E-state index contributed by atoms with van der Waals surface area (Å²) in [5, 5.41) is 0. The Bertz CT molecular complexity index is 107. The first kappa shape index (κ1) is 10.1. The predicted molar refractivity (Wildman–Crippen MR) is 55.3 cm³/mol. The zero-order chi connectivity index (χ0) is 8.81. The van der Waals surface area contributed by atoms with Crippen molar-refractivity contribution in [1.29, 1.82) is 0 Å². The second-order valence-electron chi connectivity index (χ2n) is 4.52. The maximum absolute atomic E-state index is 2.45. The van der Waals surface area contributed by atoms with Crippen LogP contribution in [0.1, 0.15) is 65.2 Å². The largest absolute Gasteiger partial charge is 0.0654 e. The van der Waals surface area contributed by atoms with Gasteiger partial charge in [-0.1, -0.05) is 65.2 Å². The monoisotopic (exact) mass is 168 g/mol. The molecule has 0 aromatic rings. The first-order chi connectivity index (χ1) is 5.84. The van der Waals surface area contributed by atoms with E-state index in [-0.39, 0.29) is 0 Å². The van der Waals surface area contributed by atoms with Gasteiger partial charge in [-0.25, -0.2) is 0 Å². The Morgan fingerprint density at radius 3 is 2.50 bits per heavy atom. The summed E-state index contributed by atoms with van der Waals surface area (Å²) < 4.78 is 0. The number of unbranched alkanes of at least 4 members (excludes halogenated alkanes) is 2. The average Bonchev–Trinajstić information content (AvgIpc) is 2.09. The molecule has 0 bridgehead atoms. The molecular weight excluding hydrogens is 144 g/mol. The van der Waals surface area contributed by atoms with Gasteiger partial charge in [-0.15, -0.1) is 0 Å². The van der Waals surface area contributed by atoms with E-state index >= 15 is 0 Å². The lowest BCUT2D eigenvalue weighted by Gasteiger charge is -2.28. The van der Waals surface area contributed by atoms with Gasteiger partial charge in [-0.2, -0.15) is 0 Å². The summed E-state index contributed by atoms with van der Waals surface area (Å²) in [6.45, 7) is 4.75. The maximum atomic E-state index is 2.45. The van der Waals surface area contributed by atoms with Crippen LogP contribution in [0.4, 0.5) is 0 Å².